The number of carbonyl (C=O) groups is 1. The Morgan fingerprint density at radius 2 is 2.17 bits per heavy atom. The average molecular weight is 229 g/mol. The third-order valence-corrected chi connectivity index (χ3v) is 1.93. The maximum absolute atomic E-state index is 10.8. The van der Waals surface area contributed by atoms with E-state index in [1.165, 1.54) is 0 Å². The van der Waals surface area contributed by atoms with Crippen molar-refractivity contribution in [3.63, 3.8) is 0 Å². The van der Waals surface area contributed by atoms with Gasteiger partial charge in [-0.25, -0.2) is 0 Å². The van der Waals surface area contributed by atoms with Gasteiger partial charge in [-0.05, 0) is 18.2 Å². The van der Waals surface area contributed by atoms with Gasteiger partial charge in [-0.15, -0.1) is 0 Å². The Morgan fingerprint density at radius 1 is 1.50 bits per heavy atom. The summed E-state index contributed by atoms with van der Waals surface area (Å²) in [5, 5.41) is 2.93. The zero-order chi connectivity index (χ0) is 9.14. The Hall–Kier alpha value is -1.03. The van der Waals surface area contributed by atoms with Gasteiger partial charge >= 0.3 is 0 Å². The van der Waals surface area contributed by atoms with Crippen LogP contribution in [0.1, 0.15) is 10.4 Å². The maximum atomic E-state index is 10.8. The Kier molecular flexibility index (Phi) is 2.70. The van der Waals surface area contributed by atoms with E-state index >= 15 is 0 Å². The fraction of sp³-hybridized carbons (Fsp3) is 0.125. The van der Waals surface area contributed by atoms with E-state index in [0.717, 1.165) is 10.2 Å². The number of rotatable bonds is 2. The number of hydrogen-bond donors (Lipinski definition) is 2. The van der Waals surface area contributed by atoms with Gasteiger partial charge in [0.05, 0.1) is 0 Å². The lowest BCUT2D eigenvalue weighted by Crippen LogP contribution is -2.11. The molecule has 3 nitrogen and oxygen atoms in total. The number of nitrogens with two attached hydrogens (primary N) is 1. The third kappa shape index (κ3) is 1.98. The van der Waals surface area contributed by atoms with Crippen LogP contribution in [0.25, 0.3) is 0 Å². The van der Waals surface area contributed by atoms with Crippen LogP contribution in [-0.4, -0.2) is 13.0 Å². The summed E-state index contributed by atoms with van der Waals surface area (Å²) in [7, 11) is 1.78. The van der Waals surface area contributed by atoms with Crippen LogP contribution < -0.4 is 11.1 Å². The van der Waals surface area contributed by atoms with Gasteiger partial charge in [-0.1, -0.05) is 15.9 Å². The summed E-state index contributed by atoms with van der Waals surface area (Å²) >= 11 is 3.27. The molecule has 4 heteroatoms. The molecule has 0 fully saturated rings. The van der Waals surface area contributed by atoms with Crippen LogP contribution in [-0.2, 0) is 0 Å². The van der Waals surface area contributed by atoms with E-state index in [0.29, 0.717) is 5.56 Å². The van der Waals surface area contributed by atoms with Crippen LogP contribution in [0, 0.1) is 0 Å². The molecule has 0 bridgehead atoms. The molecule has 0 saturated carbocycles. The Morgan fingerprint density at radius 3 is 2.67 bits per heavy atom. The smallest absolute Gasteiger partial charge is 0.248 e. The van der Waals surface area contributed by atoms with Crippen molar-refractivity contribution in [3.8, 4) is 0 Å². The van der Waals surface area contributed by atoms with Gasteiger partial charge in [-0.3, -0.25) is 4.79 Å². The van der Waals surface area contributed by atoms with Gasteiger partial charge in [0.1, 0.15) is 0 Å². The SMILES string of the molecule is CNc1cc(Br)cc(C(N)=O)c1. The van der Waals surface area contributed by atoms with E-state index in [-0.39, 0.29) is 0 Å². The predicted molar refractivity (Wildman–Crippen MR) is 52.2 cm³/mol. The normalized spacial score (nSPS) is 9.50. The first-order valence-corrected chi connectivity index (χ1v) is 4.21. The number of nitrogens with one attached hydrogen (secondary N) is 1. The second-order valence-corrected chi connectivity index (χ2v) is 3.26. The molecule has 1 aromatic rings. The molecule has 0 spiro atoms. The van der Waals surface area contributed by atoms with Crippen molar-refractivity contribution < 1.29 is 4.79 Å². The molecule has 1 rings (SSSR count). The highest BCUT2D eigenvalue weighted by Crippen LogP contribution is 2.18. The van der Waals surface area contributed by atoms with Gasteiger partial charge < -0.3 is 11.1 Å². The molecule has 0 aliphatic rings. The fourth-order valence-corrected chi connectivity index (χ4v) is 1.37. The van der Waals surface area contributed by atoms with Gasteiger partial charge in [0.2, 0.25) is 5.91 Å². The van der Waals surface area contributed by atoms with E-state index in [2.05, 4.69) is 21.2 Å². The lowest BCUT2D eigenvalue weighted by molar-refractivity contribution is 0.100. The molecule has 0 unspecified atom stereocenters. The monoisotopic (exact) mass is 228 g/mol. The van der Waals surface area contributed by atoms with Crippen molar-refractivity contribution in [2.45, 2.75) is 0 Å². The number of hydrogen-bond acceptors (Lipinski definition) is 2. The summed E-state index contributed by atoms with van der Waals surface area (Å²) in [6, 6.07) is 5.25. The van der Waals surface area contributed by atoms with Crippen LogP contribution in [0.2, 0.25) is 0 Å². The molecule has 0 aliphatic heterocycles. The average Bonchev–Trinajstić information content (AvgIpc) is 2.03. The summed E-state index contributed by atoms with van der Waals surface area (Å²) in [5.41, 5.74) is 6.47. The number of benzene rings is 1. The Bertz CT molecular complexity index is 312. The number of anilines is 1. The summed E-state index contributed by atoms with van der Waals surface area (Å²) in [6.07, 6.45) is 0. The molecule has 1 amide bonds. The minimum absolute atomic E-state index is 0.423. The molecule has 0 aliphatic carbocycles. The first kappa shape index (κ1) is 9.06. The highest BCUT2D eigenvalue weighted by atomic mass is 79.9. The molecular weight excluding hydrogens is 220 g/mol. The minimum atomic E-state index is -0.423. The Labute approximate surface area is 79.1 Å². The van der Waals surface area contributed by atoms with Gasteiger partial charge in [0.25, 0.3) is 0 Å². The minimum Gasteiger partial charge on any atom is -0.388 e. The van der Waals surface area contributed by atoms with Gasteiger partial charge in [0.15, 0.2) is 0 Å². The molecule has 12 heavy (non-hydrogen) atoms. The highest BCUT2D eigenvalue weighted by molar-refractivity contribution is 9.10. The maximum Gasteiger partial charge on any atom is 0.248 e. The standard InChI is InChI=1S/C8H9BrN2O/c1-11-7-3-5(8(10)12)2-6(9)4-7/h2-4,11H,1H3,(H2,10,12). The lowest BCUT2D eigenvalue weighted by atomic mass is 10.2. The zero-order valence-corrected chi connectivity index (χ0v) is 8.18. The summed E-state index contributed by atoms with van der Waals surface area (Å²) in [5.74, 6) is -0.423. The molecule has 1 aromatic carbocycles. The third-order valence-electron chi connectivity index (χ3n) is 1.47. The molecular formula is C8H9BrN2O. The summed E-state index contributed by atoms with van der Waals surface area (Å²) in [6.45, 7) is 0. The summed E-state index contributed by atoms with van der Waals surface area (Å²) < 4.78 is 0.836. The fourth-order valence-electron chi connectivity index (χ4n) is 0.876. The highest BCUT2D eigenvalue weighted by Gasteiger charge is 2.02. The molecule has 0 atom stereocenters. The van der Waals surface area contributed by atoms with Crippen molar-refractivity contribution in [3.05, 3.63) is 28.2 Å². The lowest BCUT2D eigenvalue weighted by Gasteiger charge is -2.02. The molecule has 64 valence electrons. The molecule has 0 saturated heterocycles. The van der Waals surface area contributed by atoms with Gasteiger partial charge in [-0.2, -0.15) is 0 Å². The number of carbonyl (C=O) groups excluding carboxylic acids is 1. The van der Waals surface area contributed by atoms with Gasteiger partial charge in [0, 0.05) is 22.8 Å². The first-order valence-electron chi connectivity index (χ1n) is 3.41. The van der Waals surface area contributed by atoms with E-state index in [9.17, 15) is 4.79 Å². The quantitative estimate of drug-likeness (QED) is 0.808. The Balaban J connectivity index is 3.15. The second kappa shape index (κ2) is 3.58. The van der Waals surface area contributed by atoms with Crippen molar-refractivity contribution in [2.24, 2.45) is 5.73 Å². The predicted octanol–water partition coefficient (Wildman–Crippen LogP) is 1.59. The van der Waals surface area contributed by atoms with Crippen LogP contribution in [0.4, 0.5) is 5.69 Å². The van der Waals surface area contributed by atoms with E-state index in [1.807, 2.05) is 6.07 Å². The molecule has 3 N–H and O–H groups in total. The van der Waals surface area contributed by atoms with Crippen molar-refractivity contribution in [2.75, 3.05) is 12.4 Å². The number of halogens is 1. The molecule has 0 heterocycles. The van der Waals surface area contributed by atoms with Crippen molar-refractivity contribution >= 4 is 27.5 Å². The van der Waals surface area contributed by atoms with E-state index in [4.69, 9.17) is 5.73 Å². The van der Waals surface area contributed by atoms with Crippen LogP contribution >= 0.6 is 15.9 Å². The molecule has 0 radical (unpaired) electrons. The van der Waals surface area contributed by atoms with Crippen LogP contribution in [0.5, 0.6) is 0 Å². The zero-order valence-electron chi connectivity index (χ0n) is 6.60. The topological polar surface area (TPSA) is 55.1 Å². The molecule has 0 aromatic heterocycles. The second-order valence-electron chi connectivity index (χ2n) is 2.34. The number of amides is 1. The van der Waals surface area contributed by atoms with E-state index < -0.39 is 5.91 Å². The van der Waals surface area contributed by atoms with Crippen molar-refractivity contribution in [1.82, 2.24) is 0 Å². The van der Waals surface area contributed by atoms with Crippen LogP contribution in [0.15, 0.2) is 22.7 Å². The van der Waals surface area contributed by atoms with E-state index in [1.54, 1.807) is 19.2 Å². The summed E-state index contributed by atoms with van der Waals surface area (Å²) in [4.78, 5) is 10.8. The van der Waals surface area contributed by atoms with Crippen LogP contribution in [0.3, 0.4) is 0 Å². The first-order chi connectivity index (χ1) is 5.63. The van der Waals surface area contributed by atoms with Crippen molar-refractivity contribution in [1.29, 1.82) is 0 Å². The number of primary amides is 1. The largest absolute Gasteiger partial charge is 0.388 e.